The minimum atomic E-state index is -2.74. The van der Waals surface area contributed by atoms with E-state index in [9.17, 15) is 8.78 Å². The third kappa shape index (κ3) is 3.26. The number of rotatable bonds is 3. The van der Waals surface area contributed by atoms with Crippen molar-refractivity contribution in [2.45, 2.75) is 11.3 Å². The van der Waals surface area contributed by atoms with Crippen molar-refractivity contribution in [1.29, 1.82) is 0 Å². The SMILES string of the molecule is FC(F)(Br)C[C@H]1COC[C@H]1CBr. The summed E-state index contributed by atoms with van der Waals surface area (Å²) in [6, 6.07) is 0. The summed E-state index contributed by atoms with van der Waals surface area (Å²) in [5.41, 5.74) is 0. The van der Waals surface area contributed by atoms with E-state index in [1.165, 1.54) is 0 Å². The summed E-state index contributed by atoms with van der Waals surface area (Å²) >= 11 is 5.62. The van der Waals surface area contributed by atoms with Gasteiger partial charge in [-0.2, -0.15) is 8.78 Å². The van der Waals surface area contributed by atoms with Gasteiger partial charge >= 0.3 is 4.83 Å². The number of hydrogen-bond donors (Lipinski definition) is 0. The van der Waals surface area contributed by atoms with E-state index >= 15 is 0 Å². The van der Waals surface area contributed by atoms with E-state index in [2.05, 4.69) is 31.9 Å². The van der Waals surface area contributed by atoms with Gasteiger partial charge in [0.2, 0.25) is 0 Å². The lowest BCUT2D eigenvalue weighted by Crippen LogP contribution is -2.20. The Bertz CT molecular complexity index is 149. The Morgan fingerprint density at radius 2 is 1.92 bits per heavy atom. The number of ether oxygens (including phenoxy) is 1. The van der Waals surface area contributed by atoms with E-state index in [1.54, 1.807) is 0 Å². The summed E-state index contributed by atoms with van der Waals surface area (Å²) in [4.78, 5) is -2.74. The molecule has 1 fully saturated rings. The van der Waals surface area contributed by atoms with Crippen LogP contribution in [0.25, 0.3) is 0 Å². The molecule has 0 aliphatic carbocycles. The lowest BCUT2D eigenvalue weighted by Gasteiger charge is -2.17. The number of hydrogen-bond acceptors (Lipinski definition) is 1. The second-order valence-electron chi connectivity index (χ2n) is 3.03. The molecule has 1 aliphatic rings. The second-order valence-corrected chi connectivity index (χ2v) is 4.84. The first-order valence-electron chi connectivity index (χ1n) is 3.73. The van der Waals surface area contributed by atoms with Gasteiger partial charge in [0.05, 0.1) is 13.2 Å². The fourth-order valence-corrected chi connectivity index (χ4v) is 2.47. The molecule has 0 aromatic heterocycles. The van der Waals surface area contributed by atoms with Gasteiger partial charge in [-0.3, -0.25) is 0 Å². The highest BCUT2D eigenvalue weighted by atomic mass is 79.9. The minimum Gasteiger partial charge on any atom is -0.381 e. The van der Waals surface area contributed by atoms with Crippen molar-refractivity contribution in [2.75, 3.05) is 18.5 Å². The van der Waals surface area contributed by atoms with Crippen LogP contribution in [-0.2, 0) is 4.74 Å². The Balaban J connectivity index is 2.41. The molecule has 0 bridgehead atoms. The molecular weight excluding hydrogens is 298 g/mol. The van der Waals surface area contributed by atoms with Gasteiger partial charge in [-0.25, -0.2) is 0 Å². The second kappa shape index (κ2) is 4.33. The van der Waals surface area contributed by atoms with Crippen molar-refractivity contribution < 1.29 is 13.5 Å². The first-order valence-corrected chi connectivity index (χ1v) is 5.65. The predicted octanol–water partition coefficient (Wildman–Crippen LogP) is 3.02. The van der Waals surface area contributed by atoms with Crippen LogP contribution >= 0.6 is 31.9 Å². The molecule has 2 atom stereocenters. The van der Waals surface area contributed by atoms with Gasteiger partial charge in [0.1, 0.15) is 0 Å². The van der Waals surface area contributed by atoms with Crippen LogP contribution in [0.1, 0.15) is 6.42 Å². The smallest absolute Gasteiger partial charge is 0.301 e. The van der Waals surface area contributed by atoms with E-state index in [0.29, 0.717) is 13.2 Å². The quantitative estimate of drug-likeness (QED) is 0.728. The molecule has 12 heavy (non-hydrogen) atoms. The normalized spacial score (nSPS) is 31.0. The average molecular weight is 308 g/mol. The third-order valence-electron chi connectivity index (χ3n) is 2.02. The fraction of sp³-hybridized carbons (Fsp3) is 1.00. The van der Waals surface area contributed by atoms with Crippen molar-refractivity contribution in [2.24, 2.45) is 11.8 Å². The maximum absolute atomic E-state index is 12.5. The van der Waals surface area contributed by atoms with E-state index in [0.717, 1.165) is 5.33 Å². The summed E-state index contributed by atoms with van der Waals surface area (Å²) in [6.07, 6.45) is -0.136. The molecule has 0 radical (unpaired) electrons. The first kappa shape index (κ1) is 10.9. The highest BCUT2D eigenvalue weighted by Gasteiger charge is 2.36. The van der Waals surface area contributed by atoms with Gasteiger partial charge in [-0.15, -0.1) is 0 Å². The zero-order valence-electron chi connectivity index (χ0n) is 6.40. The maximum Gasteiger partial charge on any atom is 0.301 e. The lowest BCUT2D eigenvalue weighted by atomic mass is 9.95. The standard InChI is InChI=1S/C7H10Br2F2O/c8-2-6-4-12-3-5(6)1-7(9,10)11/h5-6H,1-4H2/t5-,6+/m0/s1. The van der Waals surface area contributed by atoms with Crippen LogP contribution in [0.4, 0.5) is 8.78 Å². The van der Waals surface area contributed by atoms with E-state index in [4.69, 9.17) is 4.74 Å². The summed E-state index contributed by atoms with van der Waals surface area (Å²) in [6.45, 7) is 1.05. The van der Waals surface area contributed by atoms with E-state index in [1.807, 2.05) is 0 Å². The zero-order chi connectivity index (χ0) is 9.19. The first-order chi connectivity index (χ1) is 5.53. The van der Waals surface area contributed by atoms with Gasteiger partial charge in [0, 0.05) is 11.8 Å². The molecular formula is C7H10Br2F2O. The molecule has 0 saturated carbocycles. The topological polar surface area (TPSA) is 9.23 Å². The molecule has 1 nitrogen and oxygen atoms in total. The van der Waals surface area contributed by atoms with Crippen molar-refractivity contribution in [1.82, 2.24) is 0 Å². The molecule has 0 spiro atoms. The Morgan fingerprint density at radius 1 is 1.33 bits per heavy atom. The van der Waals surface area contributed by atoms with Crippen molar-refractivity contribution in [3.05, 3.63) is 0 Å². The van der Waals surface area contributed by atoms with Gasteiger partial charge in [0.15, 0.2) is 0 Å². The molecule has 1 aliphatic heterocycles. The summed E-state index contributed by atoms with van der Waals surface area (Å²) in [5, 5.41) is 0.737. The number of alkyl halides is 4. The van der Waals surface area contributed by atoms with Gasteiger partial charge in [-0.1, -0.05) is 15.9 Å². The van der Waals surface area contributed by atoms with Gasteiger partial charge in [0.25, 0.3) is 0 Å². The van der Waals surface area contributed by atoms with Crippen LogP contribution in [0.5, 0.6) is 0 Å². The van der Waals surface area contributed by atoms with Crippen LogP contribution in [0.2, 0.25) is 0 Å². The van der Waals surface area contributed by atoms with E-state index < -0.39 is 4.83 Å². The molecule has 5 heteroatoms. The minimum absolute atomic E-state index is 0.0289. The Hall–Kier alpha value is 0.780. The van der Waals surface area contributed by atoms with E-state index in [-0.39, 0.29) is 18.3 Å². The molecule has 0 aromatic carbocycles. The largest absolute Gasteiger partial charge is 0.381 e. The molecule has 0 amide bonds. The monoisotopic (exact) mass is 306 g/mol. The highest BCUT2D eigenvalue weighted by molar-refractivity contribution is 9.10. The Kier molecular flexibility index (Phi) is 3.92. The van der Waals surface area contributed by atoms with Crippen LogP contribution in [0.15, 0.2) is 0 Å². The van der Waals surface area contributed by atoms with Crippen molar-refractivity contribution >= 4 is 31.9 Å². The van der Waals surface area contributed by atoms with Gasteiger partial charge in [-0.05, 0) is 27.8 Å². The van der Waals surface area contributed by atoms with Crippen LogP contribution in [0.3, 0.4) is 0 Å². The third-order valence-corrected chi connectivity index (χ3v) is 3.18. The summed E-state index contributed by atoms with van der Waals surface area (Å²) in [7, 11) is 0. The molecule has 72 valence electrons. The number of halogens is 4. The molecule has 1 saturated heterocycles. The highest BCUT2D eigenvalue weighted by Crippen LogP contribution is 2.36. The van der Waals surface area contributed by atoms with Crippen molar-refractivity contribution in [3.63, 3.8) is 0 Å². The molecule has 0 aromatic rings. The van der Waals surface area contributed by atoms with Crippen LogP contribution < -0.4 is 0 Å². The molecule has 1 heterocycles. The van der Waals surface area contributed by atoms with Gasteiger partial charge < -0.3 is 4.74 Å². The maximum atomic E-state index is 12.5. The summed E-state index contributed by atoms with van der Waals surface area (Å²) < 4.78 is 30.2. The van der Waals surface area contributed by atoms with Crippen LogP contribution in [-0.4, -0.2) is 23.4 Å². The zero-order valence-corrected chi connectivity index (χ0v) is 9.58. The van der Waals surface area contributed by atoms with Crippen molar-refractivity contribution in [3.8, 4) is 0 Å². The molecule has 1 rings (SSSR count). The predicted molar refractivity (Wildman–Crippen MR) is 50.1 cm³/mol. The summed E-state index contributed by atoms with van der Waals surface area (Å²) in [5.74, 6) is 0.201. The van der Waals surface area contributed by atoms with Crippen LogP contribution in [0, 0.1) is 11.8 Å². The lowest BCUT2D eigenvalue weighted by molar-refractivity contribution is 0.0741. The average Bonchev–Trinajstić information content (AvgIpc) is 2.31. The molecule has 0 unspecified atom stereocenters. The molecule has 0 N–H and O–H groups in total. The fourth-order valence-electron chi connectivity index (χ4n) is 1.34. The Morgan fingerprint density at radius 3 is 2.42 bits per heavy atom. The Labute approximate surface area is 87.1 Å².